The van der Waals surface area contributed by atoms with E-state index in [9.17, 15) is 0 Å². The number of halogens is 2. The van der Waals surface area contributed by atoms with Crippen molar-refractivity contribution in [1.29, 1.82) is 0 Å². The number of hydrogen-bond donors (Lipinski definition) is 0. The molecule has 88 valence electrons. The minimum absolute atomic E-state index is 0.386. The Hall–Kier alpha value is -0.580. The first-order valence-electron chi connectivity index (χ1n) is 5.29. The lowest BCUT2D eigenvalue weighted by Gasteiger charge is -2.23. The smallest absolute Gasteiger partial charge is 0.175 e. The van der Waals surface area contributed by atoms with Crippen LogP contribution in [0.25, 0.3) is 0 Å². The maximum absolute atomic E-state index is 6.03. The first kappa shape index (κ1) is 11.9. The van der Waals surface area contributed by atoms with Crippen molar-refractivity contribution in [3.05, 3.63) is 16.4 Å². The average Bonchev–Trinajstić information content (AvgIpc) is 2.47. The van der Waals surface area contributed by atoms with Crippen LogP contribution < -0.4 is 4.90 Å². The molecule has 0 aromatic carbocycles. The van der Waals surface area contributed by atoms with Crippen LogP contribution in [-0.2, 0) is 0 Å². The molecule has 1 fully saturated rings. The summed E-state index contributed by atoms with van der Waals surface area (Å²) in [6, 6.07) is 1.78. The monoisotopic (exact) mass is 260 g/mol. The summed E-state index contributed by atoms with van der Waals surface area (Å²) >= 11 is 11.9. The van der Waals surface area contributed by atoms with Crippen molar-refractivity contribution in [3.63, 3.8) is 0 Å². The summed E-state index contributed by atoms with van der Waals surface area (Å²) in [6.45, 7) is 4.06. The molecule has 0 bridgehead atoms. The van der Waals surface area contributed by atoms with E-state index in [0.29, 0.717) is 10.3 Å². The maximum Gasteiger partial charge on any atom is 0.175 e. The Balaban J connectivity index is 2.19. The molecular weight excluding hydrogens is 247 g/mol. The average molecular weight is 261 g/mol. The summed E-state index contributed by atoms with van der Waals surface area (Å²) in [5, 5.41) is 8.36. The van der Waals surface area contributed by atoms with Gasteiger partial charge in [0.15, 0.2) is 10.3 Å². The summed E-state index contributed by atoms with van der Waals surface area (Å²) in [5.74, 6) is 0. The molecule has 1 aromatic rings. The fraction of sp³-hybridized carbons (Fsp3) is 0.600. The van der Waals surface area contributed by atoms with Gasteiger partial charge in [0.25, 0.3) is 0 Å². The molecule has 2 heterocycles. The normalized spacial score (nSPS) is 18.6. The van der Waals surface area contributed by atoms with Crippen LogP contribution in [0.3, 0.4) is 0 Å². The Morgan fingerprint density at radius 1 is 1.12 bits per heavy atom. The molecule has 4 nitrogen and oxygen atoms in total. The zero-order valence-electron chi connectivity index (χ0n) is 9.16. The van der Waals surface area contributed by atoms with Crippen LogP contribution in [0.1, 0.15) is 6.42 Å². The highest BCUT2D eigenvalue weighted by molar-refractivity contribution is 6.33. The van der Waals surface area contributed by atoms with E-state index >= 15 is 0 Å². The number of nitrogens with zero attached hydrogens (tertiary/aromatic N) is 4. The lowest BCUT2D eigenvalue weighted by Crippen LogP contribution is -2.29. The van der Waals surface area contributed by atoms with Crippen molar-refractivity contribution >= 4 is 28.9 Å². The molecule has 16 heavy (non-hydrogen) atoms. The topological polar surface area (TPSA) is 32.3 Å². The van der Waals surface area contributed by atoms with Gasteiger partial charge in [-0.3, -0.25) is 0 Å². The molecule has 0 amide bonds. The summed E-state index contributed by atoms with van der Waals surface area (Å²) in [6.07, 6.45) is 1.12. The third kappa shape index (κ3) is 2.75. The summed E-state index contributed by atoms with van der Waals surface area (Å²) in [5.41, 5.74) is 0.886. The van der Waals surface area contributed by atoms with Crippen LogP contribution in [0.2, 0.25) is 10.3 Å². The highest BCUT2D eigenvalue weighted by Crippen LogP contribution is 2.25. The van der Waals surface area contributed by atoms with Gasteiger partial charge in [-0.1, -0.05) is 23.2 Å². The van der Waals surface area contributed by atoms with Crippen LogP contribution in [0, 0.1) is 0 Å². The summed E-state index contributed by atoms with van der Waals surface area (Å²) < 4.78 is 0. The SMILES string of the molecule is CN1CCCN(c2cc(Cl)nnc2Cl)CC1. The molecule has 1 aliphatic heterocycles. The van der Waals surface area contributed by atoms with E-state index in [1.54, 1.807) is 6.07 Å². The largest absolute Gasteiger partial charge is 0.368 e. The Morgan fingerprint density at radius 3 is 2.75 bits per heavy atom. The van der Waals surface area contributed by atoms with Gasteiger partial charge in [-0.05, 0) is 20.0 Å². The molecular formula is C10H14Cl2N4. The van der Waals surface area contributed by atoms with Crippen molar-refractivity contribution in [2.75, 3.05) is 38.1 Å². The highest BCUT2D eigenvalue weighted by atomic mass is 35.5. The molecule has 0 radical (unpaired) electrons. The van der Waals surface area contributed by atoms with Crippen LogP contribution >= 0.6 is 23.2 Å². The van der Waals surface area contributed by atoms with Gasteiger partial charge in [-0.25, -0.2) is 0 Å². The zero-order chi connectivity index (χ0) is 11.5. The lowest BCUT2D eigenvalue weighted by atomic mass is 10.3. The molecule has 0 saturated carbocycles. The van der Waals surface area contributed by atoms with Gasteiger partial charge in [0.05, 0.1) is 5.69 Å². The number of hydrogen-bond acceptors (Lipinski definition) is 4. The molecule has 2 rings (SSSR count). The highest BCUT2D eigenvalue weighted by Gasteiger charge is 2.16. The lowest BCUT2D eigenvalue weighted by molar-refractivity contribution is 0.360. The second-order valence-electron chi connectivity index (χ2n) is 3.99. The van der Waals surface area contributed by atoms with Gasteiger partial charge < -0.3 is 9.80 Å². The van der Waals surface area contributed by atoms with E-state index in [0.717, 1.165) is 38.3 Å². The van der Waals surface area contributed by atoms with E-state index in [1.165, 1.54) is 0 Å². The fourth-order valence-electron chi connectivity index (χ4n) is 1.85. The fourth-order valence-corrected chi connectivity index (χ4v) is 2.21. The van der Waals surface area contributed by atoms with Gasteiger partial charge in [0.1, 0.15) is 0 Å². The molecule has 0 unspecified atom stereocenters. The quantitative estimate of drug-likeness (QED) is 0.773. The summed E-state index contributed by atoms with van der Waals surface area (Å²) in [7, 11) is 2.13. The second kappa shape index (κ2) is 5.17. The Labute approximate surface area is 105 Å². The van der Waals surface area contributed by atoms with Crippen LogP contribution in [-0.4, -0.2) is 48.3 Å². The van der Waals surface area contributed by atoms with Crippen molar-refractivity contribution in [3.8, 4) is 0 Å². The van der Waals surface area contributed by atoms with Crippen molar-refractivity contribution in [1.82, 2.24) is 15.1 Å². The van der Waals surface area contributed by atoms with Crippen LogP contribution in [0.4, 0.5) is 5.69 Å². The Kier molecular flexibility index (Phi) is 3.84. The molecule has 1 aliphatic rings. The third-order valence-corrected chi connectivity index (χ3v) is 3.21. The van der Waals surface area contributed by atoms with Gasteiger partial charge in [0.2, 0.25) is 0 Å². The predicted molar refractivity (Wildman–Crippen MR) is 66.4 cm³/mol. The van der Waals surface area contributed by atoms with E-state index in [2.05, 4.69) is 27.0 Å². The van der Waals surface area contributed by atoms with Crippen molar-refractivity contribution < 1.29 is 0 Å². The molecule has 0 atom stereocenters. The molecule has 0 aliphatic carbocycles. The minimum Gasteiger partial charge on any atom is -0.368 e. The Bertz CT molecular complexity index is 372. The first-order chi connectivity index (χ1) is 7.66. The zero-order valence-corrected chi connectivity index (χ0v) is 10.7. The molecule has 0 spiro atoms. The molecule has 6 heteroatoms. The van der Waals surface area contributed by atoms with Crippen LogP contribution in [0.5, 0.6) is 0 Å². The van der Waals surface area contributed by atoms with Crippen molar-refractivity contribution in [2.24, 2.45) is 0 Å². The second-order valence-corrected chi connectivity index (χ2v) is 4.73. The number of aromatic nitrogens is 2. The van der Waals surface area contributed by atoms with Gasteiger partial charge >= 0.3 is 0 Å². The maximum atomic E-state index is 6.03. The number of rotatable bonds is 1. The van der Waals surface area contributed by atoms with Gasteiger partial charge in [-0.15, -0.1) is 10.2 Å². The number of likely N-dealkylation sites (N-methyl/N-ethyl adjacent to an activating group) is 1. The molecule has 1 saturated heterocycles. The van der Waals surface area contributed by atoms with E-state index < -0.39 is 0 Å². The van der Waals surface area contributed by atoms with Gasteiger partial charge in [0, 0.05) is 25.7 Å². The van der Waals surface area contributed by atoms with E-state index in [-0.39, 0.29) is 0 Å². The van der Waals surface area contributed by atoms with Crippen molar-refractivity contribution in [2.45, 2.75) is 6.42 Å². The van der Waals surface area contributed by atoms with Crippen LogP contribution in [0.15, 0.2) is 6.07 Å². The summed E-state index contributed by atoms with van der Waals surface area (Å²) in [4.78, 5) is 4.52. The standard InChI is InChI=1S/C10H14Cl2N4/c1-15-3-2-4-16(6-5-15)8-7-9(11)13-14-10(8)12/h7H,2-6H2,1H3. The first-order valence-corrected chi connectivity index (χ1v) is 6.04. The number of anilines is 1. The molecule has 1 aromatic heterocycles. The Morgan fingerprint density at radius 2 is 1.94 bits per heavy atom. The van der Waals surface area contributed by atoms with E-state index in [1.807, 2.05) is 0 Å². The van der Waals surface area contributed by atoms with E-state index in [4.69, 9.17) is 23.2 Å². The van der Waals surface area contributed by atoms with Gasteiger partial charge in [-0.2, -0.15) is 0 Å². The third-order valence-electron chi connectivity index (χ3n) is 2.76. The molecule has 0 N–H and O–H groups in total. The minimum atomic E-state index is 0.386. The predicted octanol–water partition coefficient (Wildman–Crippen LogP) is 1.93.